The Morgan fingerprint density at radius 1 is 1.11 bits per heavy atom. The first-order valence-electron chi connectivity index (χ1n) is 5.95. The number of benzene rings is 2. The fourth-order valence-corrected chi connectivity index (χ4v) is 2.10. The van der Waals surface area contributed by atoms with Crippen LogP contribution in [0.3, 0.4) is 0 Å². The number of nitrogens with two attached hydrogens (primary N) is 1. The molecule has 0 saturated carbocycles. The third kappa shape index (κ3) is 2.84. The maximum absolute atomic E-state index is 6.22. The molecule has 0 radical (unpaired) electrons. The molecule has 0 heterocycles. The van der Waals surface area contributed by atoms with Gasteiger partial charge in [0.25, 0.3) is 0 Å². The zero-order valence-corrected chi connectivity index (χ0v) is 11.0. The molecular formula is C15H16ClNO. The second-order valence-corrected chi connectivity index (χ2v) is 4.41. The summed E-state index contributed by atoms with van der Waals surface area (Å²) in [4.78, 5) is 0. The van der Waals surface area contributed by atoms with Crippen molar-refractivity contribution >= 4 is 11.6 Å². The van der Waals surface area contributed by atoms with Crippen molar-refractivity contribution in [3.63, 3.8) is 0 Å². The third-order valence-corrected chi connectivity index (χ3v) is 3.13. The van der Waals surface area contributed by atoms with Gasteiger partial charge in [-0.1, -0.05) is 41.9 Å². The first kappa shape index (κ1) is 12.9. The average molecular weight is 262 g/mol. The van der Waals surface area contributed by atoms with E-state index in [2.05, 4.69) is 0 Å². The van der Waals surface area contributed by atoms with Gasteiger partial charge in [0.05, 0.1) is 12.6 Å². The molecule has 0 aromatic heterocycles. The molecule has 3 heteroatoms. The summed E-state index contributed by atoms with van der Waals surface area (Å²) in [5.74, 6) is 0.854. The Kier molecular flexibility index (Phi) is 4.24. The number of hydrogen-bond donors (Lipinski definition) is 1. The van der Waals surface area contributed by atoms with Gasteiger partial charge in [-0.15, -0.1) is 0 Å². The van der Waals surface area contributed by atoms with E-state index in [1.54, 1.807) is 0 Å². The summed E-state index contributed by atoms with van der Waals surface area (Å²) < 4.78 is 5.40. The van der Waals surface area contributed by atoms with E-state index in [4.69, 9.17) is 22.1 Å². The van der Waals surface area contributed by atoms with Gasteiger partial charge in [0.2, 0.25) is 0 Å². The van der Waals surface area contributed by atoms with Gasteiger partial charge in [0.15, 0.2) is 0 Å². The summed E-state index contributed by atoms with van der Waals surface area (Å²) in [5, 5.41) is 0.693. The smallest absolute Gasteiger partial charge is 0.119 e. The SMILES string of the molecule is CCOc1ccc(C(N)c2ccccc2Cl)cc1. The van der Waals surface area contributed by atoms with Crippen LogP contribution in [0.25, 0.3) is 0 Å². The molecule has 0 fully saturated rings. The Hall–Kier alpha value is -1.51. The van der Waals surface area contributed by atoms with E-state index in [-0.39, 0.29) is 6.04 Å². The number of hydrogen-bond acceptors (Lipinski definition) is 2. The average Bonchev–Trinajstić information content (AvgIpc) is 2.40. The minimum Gasteiger partial charge on any atom is -0.494 e. The van der Waals surface area contributed by atoms with Crippen molar-refractivity contribution in [2.45, 2.75) is 13.0 Å². The molecule has 0 aliphatic heterocycles. The van der Waals surface area contributed by atoms with E-state index >= 15 is 0 Å². The van der Waals surface area contributed by atoms with E-state index in [1.807, 2.05) is 55.5 Å². The maximum atomic E-state index is 6.22. The number of halogens is 1. The number of ether oxygens (including phenoxy) is 1. The molecule has 94 valence electrons. The van der Waals surface area contributed by atoms with Crippen molar-refractivity contribution in [1.82, 2.24) is 0 Å². The molecule has 0 bridgehead atoms. The largest absolute Gasteiger partial charge is 0.494 e. The molecule has 1 atom stereocenters. The minimum atomic E-state index is -0.214. The zero-order valence-electron chi connectivity index (χ0n) is 10.3. The molecule has 2 aromatic carbocycles. The van der Waals surface area contributed by atoms with Crippen LogP contribution in [0.1, 0.15) is 24.1 Å². The zero-order chi connectivity index (χ0) is 13.0. The molecule has 0 spiro atoms. The fraction of sp³-hybridized carbons (Fsp3) is 0.200. The summed E-state index contributed by atoms with van der Waals surface area (Å²) in [6.45, 7) is 2.62. The van der Waals surface area contributed by atoms with Crippen molar-refractivity contribution in [3.8, 4) is 5.75 Å². The Morgan fingerprint density at radius 3 is 2.39 bits per heavy atom. The van der Waals surface area contributed by atoms with Crippen LogP contribution >= 0.6 is 11.6 Å². The van der Waals surface area contributed by atoms with E-state index in [1.165, 1.54) is 0 Å². The highest BCUT2D eigenvalue weighted by molar-refractivity contribution is 6.31. The first-order chi connectivity index (χ1) is 8.72. The van der Waals surface area contributed by atoms with Gasteiger partial charge in [-0.05, 0) is 36.2 Å². The van der Waals surface area contributed by atoms with Crippen molar-refractivity contribution in [2.24, 2.45) is 5.73 Å². The summed E-state index contributed by atoms with van der Waals surface area (Å²) in [6.07, 6.45) is 0. The molecule has 2 N–H and O–H groups in total. The molecule has 0 aliphatic rings. The van der Waals surface area contributed by atoms with Crippen LogP contribution in [0.4, 0.5) is 0 Å². The third-order valence-electron chi connectivity index (χ3n) is 2.79. The van der Waals surface area contributed by atoms with Crippen LogP contribution in [0.2, 0.25) is 5.02 Å². The summed E-state index contributed by atoms with van der Waals surface area (Å²) >= 11 is 6.15. The molecule has 1 unspecified atom stereocenters. The van der Waals surface area contributed by atoms with E-state index in [9.17, 15) is 0 Å². The topological polar surface area (TPSA) is 35.2 Å². The minimum absolute atomic E-state index is 0.214. The molecule has 0 saturated heterocycles. The van der Waals surface area contributed by atoms with Gasteiger partial charge in [0, 0.05) is 5.02 Å². The van der Waals surface area contributed by atoms with E-state index < -0.39 is 0 Å². The lowest BCUT2D eigenvalue weighted by Crippen LogP contribution is -2.12. The second kappa shape index (κ2) is 5.89. The lowest BCUT2D eigenvalue weighted by molar-refractivity contribution is 0.340. The summed E-state index contributed by atoms with van der Waals surface area (Å²) in [6, 6.07) is 15.2. The van der Waals surface area contributed by atoms with Gasteiger partial charge >= 0.3 is 0 Å². The molecule has 2 nitrogen and oxygen atoms in total. The highest BCUT2D eigenvalue weighted by Crippen LogP contribution is 2.27. The van der Waals surface area contributed by atoms with Gasteiger partial charge in [-0.25, -0.2) is 0 Å². The summed E-state index contributed by atoms with van der Waals surface area (Å²) in [7, 11) is 0. The Labute approximate surface area is 112 Å². The normalized spacial score (nSPS) is 12.2. The molecular weight excluding hydrogens is 246 g/mol. The van der Waals surface area contributed by atoms with Crippen LogP contribution in [0, 0.1) is 0 Å². The molecule has 18 heavy (non-hydrogen) atoms. The van der Waals surface area contributed by atoms with Gasteiger partial charge in [-0.3, -0.25) is 0 Å². The lowest BCUT2D eigenvalue weighted by atomic mass is 9.99. The van der Waals surface area contributed by atoms with Crippen molar-refractivity contribution in [1.29, 1.82) is 0 Å². The quantitative estimate of drug-likeness (QED) is 0.909. The molecule has 0 amide bonds. The van der Waals surface area contributed by atoms with Crippen LogP contribution in [0.5, 0.6) is 5.75 Å². The van der Waals surface area contributed by atoms with Crippen molar-refractivity contribution in [2.75, 3.05) is 6.61 Å². The Bertz CT molecular complexity index is 510. The lowest BCUT2D eigenvalue weighted by Gasteiger charge is -2.14. The first-order valence-corrected chi connectivity index (χ1v) is 6.33. The monoisotopic (exact) mass is 261 g/mol. The van der Waals surface area contributed by atoms with Gasteiger partial charge in [0.1, 0.15) is 5.75 Å². The van der Waals surface area contributed by atoms with Crippen molar-refractivity contribution < 1.29 is 4.74 Å². The molecule has 0 aliphatic carbocycles. The van der Waals surface area contributed by atoms with E-state index in [0.29, 0.717) is 11.6 Å². The highest BCUT2D eigenvalue weighted by Gasteiger charge is 2.11. The standard InChI is InChI=1S/C15H16ClNO/c1-2-18-12-9-7-11(8-10-12)15(17)13-5-3-4-6-14(13)16/h3-10,15H,2,17H2,1H3. The van der Waals surface area contributed by atoms with Gasteiger partial charge < -0.3 is 10.5 Å². The van der Waals surface area contributed by atoms with Crippen LogP contribution < -0.4 is 10.5 Å². The van der Waals surface area contributed by atoms with E-state index in [0.717, 1.165) is 16.9 Å². The molecule has 2 rings (SSSR count). The highest BCUT2D eigenvalue weighted by atomic mass is 35.5. The maximum Gasteiger partial charge on any atom is 0.119 e. The van der Waals surface area contributed by atoms with Crippen LogP contribution in [-0.2, 0) is 0 Å². The van der Waals surface area contributed by atoms with Crippen LogP contribution in [0.15, 0.2) is 48.5 Å². The number of rotatable bonds is 4. The molecule has 2 aromatic rings. The summed E-state index contributed by atoms with van der Waals surface area (Å²) in [5.41, 5.74) is 8.17. The predicted octanol–water partition coefficient (Wildman–Crippen LogP) is 3.79. The Morgan fingerprint density at radius 2 is 1.78 bits per heavy atom. The predicted molar refractivity (Wildman–Crippen MR) is 75.1 cm³/mol. The Balaban J connectivity index is 2.23. The van der Waals surface area contributed by atoms with Crippen molar-refractivity contribution in [3.05, 3.63) is 64.7 Å². The second-order valence-electron chi connectivity index (χ2n) is 4.00. The fourth-order valence-electron chi connectivity index (χ4n) is 1.84. The van der Waals surface area contributed by atoms with Crippen LogP contribution in [-0.4, -0.2) is 6.61 Å². The van der Waals surface area contributed by atoms with Gasteiger partial charge in [-0.2, -0.15) is 0 Å².